The monoisotopic (exact) mass is 583 g/mol. The fraction of sp³-hybridized carbons (Fsp3) is 0.103. The summed E-state index contributed by atoms with van der Waals surface area (Å²) in [5, 5.41) is 4.37. The molecule has 0 amide bonds. The lowest BCUT2D eigenvalue weighted by atomic mass is 9.88. The van der Waals surface area contributed by atoms with Crippen molar-refractivity contribution >= 4 is 60.3 Å². The van der Waals surface area contributed by atoms with Crippen LogP contribution in [0.3, 0.4) is 0 Å². The highest BCUT2D eigenvalue weighted by Crippen LogP contribution is 2.38. The summed E-state index contributed by atoms with van der Waals surface area (Å²) in [5.41, 5.74) is 8.26. The van der Waals surface area contributed by atoms with Gasteiger partial charge in [-0.25, -0.2) is 9.97 Å². The highest BCUT2D eigenvalue weighted by molar-refractivity contribution is 6.13. The molecule has 0 atom stereocenters. The zero-order valence-electron chi connectivity index (χ0n) is 25.2. The van der Waals surface area contributed by atoms with Crippen molar-refractivity contribution in [2.75, 3.05) is 0 Å². The van der Waals surface area contributed by atoms with Gasteiger partial charge >= 0.3 is 0 Å². The minimum atomic E-state index is 0.00771. The van der Waals surface area contributed by atoms with E-state index in [1.54, 1.807) is 0 Å². The number of hydrogen-bond acceptors (Lipinski definition) is 4. The summed E-state index contributed by atoms with van der Waals surface area (Å²) in [6.45, 7) is 6.69. The van der Waals surface area contributed by atoms with Gasteiger partial charge in [-0.15, -0.1) is 0 Å². The molecule has 216 valence electrons. The summed E-state index contributed by atoms with van der Waals surface area (Å²) in [4.78, 5) is 14.6. The van der Waals surface area contributed by atoms with Crippen molar-refractivity contribution in [1.82, 2.24) is 23.9 Å². The van der Waals surface area contributed by atoms with Crippen LogP contribution in [0.2, 0.25) is 0 Å². The van der Waals surface area contributed by atoms with Crippen LogP contribution in [-0.2, 0) is 5.41 Å². The molecule has 0 bridgehead atoms. The quantitative estimate of drug-likeness (QED) is 0.194. The van der Waals surface area contributed by atoms with Gasteiger partial charge in [-0.2, -0.15) is 0 Å². The molecule has 0 aliphatic rings. The van der Waals surface area contributed by atoms with E-state index in [0.29, 0.717) is 0 Å². The average molecular weight is 584 g/mol. The van der Waals surface area contributed by atoms with E-state index in [9.17, 15) is 0 Å². The van der Waals surface area contributed by atoms with Gasteiger partial charge in [0.1, 0.15) is 23.0 Å². The molecule has 0 spiro atoms. The molecule has 9 rings (SSSR count). The first-order valence-corrected chi connectivity index (χ1v) is 15.2. The fourth-order valence-electron chi connectivity index (χ4n) is 6.62. The normalized spacial score (nSPS) is 12.3. The smallest absolute Gasteiger partial charge is 0.146 e. The van der Waals surface area contributed by atoms with Gasteiger partial charge in [0.25, 0.3) is 0 Å². The molecule has 4 aromatic carbocycles. The fourth-order valence-corrected chi connectivity index (χ4v) is 6.62. The van der Waals surface area contributed by atoms with Crippen molar-refractivity contribution in [3.8, 4) is 17.3 Å². The van der Waals surface area contributed by atoms with Gasteiger partial charge < -0.3 is 4.74 Å². The molecular weight excluding hydrogens is 554 g/mol. The van der Waals surface area contributed by atoms with Gasteiger partial charge in [0.2, 0.25) is 0 Å². The van der Waals surface area contributed by atoms with E-state index in [1.165, 1.54) is 10.9 Å². The first-order valence-electron chi connectivity index (χ1n) is 15.2. The van der Waals surface area contributed by atoms with Crippen molar-refractivity contribution in [2.24, 2.45) is 0 Å². The number of pyridine rings is 3. The summed E-state index contributed by atoms with van der Waals surface area (Å²) < 4.78 is 11.0. The molecular formula is C39H29N5O. The largest absolute Gasteiger partial charge is 0.457 e. The number of hydrogen-bond donors (Lipinski definition) is 0. The standard InChI is InChI=1S/C39H29N5O/c1-39(2,3)24-18-20-40-36(21-24)43-32-11-6-4-9-27(32)28-16-14-26(23-35(28)43)45-25-15-17-29-30(22-25)38-42-31-10-5-7-12-33(31)44(38)34-13-8-19-41-37(29)34/h4-23H,1-3H3. The van der Waals surface area contributed by atoms with Crippen molar-refractivity contribution in [3.05, 3.63) is 127 Å². The van der Waals surface area contributed by atoms with Crippen molar-refractivity contribution in [2.45, 2.75) is 26.2 Å². The number of rotatable bonds is 3. The van der Waals surface area contributed by atoms with E-state index in [-0.39, 0.29) is 5.41 Å². The van der Waals surface area contributed by atoms with E-state index in [2.05, 4.69) is 109 Å². The Morgan fingerprint density at radius 3 is 2.18 bits per heavy atom. The Morgan fingerprint density at radius 2 is 1.31 bits per heavy atom. The van der Waals surface area contributed by atoms with E-state index >= 15 is 0 Å². The van der Waals surface area contributed by atoms with Crippen LogP contribution in [0.5, 0.6) is 11.5 Å². The predicted molar refractivity (Wildman–Crippen MR) is 183 cm³/mol. The maximum Gasteiger partial charge on any atom is 0.146 e. The van der Waals surface area contributed by atoms with E-state index < -0.39 is 0 Å². The third-order valence-electron chi connectivity index (χ3n) is 8.80. The van der Waals surface area contributed by atoms with Crippen molar-refractivity contribution in [3.63, 3.8) is 0 Å². The van der Waals surface area contributed by atoms with Crippen molar-refractivity contribution in [1.29, 1.82) is 0 Å². The highest BCUT2D eigenvalue weighted by atomic mass is 16.5. The van der Waals surface area contributed by atoms with Crippen molar-refractivity contribution < 1.29 is 4.74 Å². The zero-order valence-corrected chi connectivity index (χ0v) is 25.2. The van der Waals surface area contributed by atoms with E-state index in [1.807, 2.05) is 42.7 Å². The molecule has 0 saturated heterocycles. The van der Waals surface area contributed by atoms with Crippen LogP contribution >= 0.6 is 0 Å². The van der Waals surface area contributed by atoms with E-state index in [0.717, 1.165) is 72.2 Å². The van der Waals surface area contributed by atoms with E-state index in [4.69, 9.17) is 19.7 Å². The summed E-state index contributed by atoms with van der Waals surface area (Å²) in [7, 11) is 0. The van der Waals surface area contributed by atoms with Crippen LogP contribution in [0, 0.1) is 0 Å². The lowest BCUT2D eigenvalue weighted by molar-refractivity contribution is 0.484. The minimum absolute atomic E-state index is 0.00771. The van der Waals surface area contributed by atoms with Gasteiger partial charge in [-0.3, -0.25) is 14.0 Å². The molecule has 0 radical (unpaired) electrons. The molecule has 5 aromatic heterocycles. The summed E-state index contributed by atoms with van der Waals surface area (Å²) in [6, 6.07) is 37.6. The Balaban J connectivity index is 1.22. The molecule has 0 unspecified atom stereocenters. The molecule has 0 saturated carbocycles. The highest BCUT2D eigenvalue weighted by Gasteiger charge is 2.19. The van der Waals surface area contributed by atoms with Crippen LogP contribution < -0.4 is 4.74 Å². The lowest BCUT2D eigenvalue weighted by Gasteiger charge is -2.20. The van der Waals surface area contributed by atoms with Crippen LogP contribution in [0.4, 0.5) is 0 Å². The van der Waals surface area contributed by atoms with Crippen LogP contribution in [0.1, 0.15) is 26.3 Å². The molecule has 6 nitrogen and oxygen atoms in total. The maximum atomic E-state index is 6.60. The second-order valence-corrected chi connectivity index (χ2v) is 12.6. The minimum Gasteiger partial charge on any atom is -0.457 e. The topological polar surface area (TPSA) is 57.2 Å². The molecule has 0 aliphatic heterocycles. The first-order chi connectivity index (χ1) is 21.9. The maximum absolute atomic E-state index is 6.60. The SMILES string of the molecule is CC(C)(C)c1ccnc(-n2c3ccccc3c3ccc(Oc4ccc5c(c4)c4nc6ccccc6n4c4cccnc54)cc32)c1. The first kappa shape index (κ1) is 25.7. The number of fused-ring (bicyclic) bond motifs is 11. The van der Waals surface area contributed by atoms with Crippen LogP contribution in [0.15, 0.2) is 122 Å². The lowest BCUT2D eigenvalue weighted by Crippen LogP contribution is -2.12. The third kappa shape index (κ3) is 3.92. The van der Waals surface area contributed by atoms with Crippen LogP contribution in [-0.4, -0.2) is 23.9 Å². The zero-order chi connectivity index (χ0) is 30.3. The van der Waals surface area contributed by atoms with Gasteiger partial charge in [0.05, 0.1) is 33.1 Å². The number of benzene rings is 4. The molecule has 0 N–H and O–H groups in total. The molecule has 45 heavy (non-hydrogen) atoms. The summed E-state index contributed by atoms with van der Waals surface area (Å²) in [5.74, 6) is 2.38. The predicted octanol–water partition coefficient (Wildman–Crippen LogP) is 9.77. The Kier molecular flexibility index (Phi) is 5.36. The van der Waals surface area contributed by atoms with Crippen LogP contribution in [0.25, 0.3) is 66.1 Å². The molecule has 0 fully saturated rings. The number of para-hydroxylation sites is 3. The summed E-state index contributed by atoms with van der Waals surface area (Å²) >= 11 is 0. The summed E-state index contributed by atoms with van der Waals surface area (Å²) in [6.07, 6.45) is 3.75. The number of nitrogens with zero attached hydrogens (tertiary/aromatic N) is 5. The number of ether oxygens (including phenoxy) is 1. The second kappa shape index (κ2) is 9.37. The molecule has 0 aliphatic carbocycles. The Bertz CT molecular complexity index is 2620. The Morgan fingerprint density at radius 1 is 0.578 bits per heavy atom. The molecule has 5 heterocycles. The van der Waals surface area contributed by atoms with Gasteiger partial charge in [0, 0.05) is 40.0 Å². The van der Waals surface area contributed by atoms with Gasteiger partial charge in [-0.1, -0.05) is 51.1 Å². The number of imidazole rings is 1. The molecule has 9 aromatic rings. The second-order valence-electron chi connectivity index (χ2n) is 12.6. The number of aromatic nitrogens is 5. The van der Waals surface area contributed by atoms with Gasteiger partial charge in [0.15, 0.2) is 0 Å². The Labute approximate surface area is 259 Å². The average Bonchev–Trinajstić information content (AvgIpc) is 3.61. The Hall–Kier alpha value is -5.75. The van der Waals surface area contributed by atoms with Gasteiger partial charge in [-0.05, 0) is 83.8 Å². The third-order valence-corrected chi connectivity index (χ3v) is 8.80. The molecule has 6 heteroatoms.